The van der Waals surface area contributed by atoms with Gasteiger partial charge in [0.15, 0.2) is 6.61 Å². The molecule has 3 aliphatic rings. The quantitative estimate of drug-likeness (QED) is 0.413. The van der Waals surface area contributed by atoms with Gasteiger partial charge < -0.3 is 10.1 Å². The van der Waals surface area contributed by atoms with Gasteiger partial charge in [-0.25, -0.2) is 4.79 Å². The first-order valence-corrected chi connectivity index (χ1v) is 11.1. The fraction of sp³-hybridized carbons (Fsp3) is 0.280. The average Bonchev–Trinajstić information content (AvgIpc) is 3.48. The van der Waals surface area contributed by atoms with E-state index in [4.69, 9.17) is 16.3 Å². The second-order valence-electron chi connectivity index (χ2n) is 8.64. The number of hydrogen-bond donors (Lipinski definition) is 1. The number of fused-ring (bicyclic) bond motifs is 5. The first kappa shape index (κ1) is 21.4. The van der Waals surface area contributed by atoms with Crippen LogP contribution in [0.15, 0.2) is 54.6 Å². The van der Waals surface area contributed by atoms with Crippen LogP contribution in [-0.4, -0.2) is 30.3 Å². The molecule has 7 nitrogen and oxygen atoms in total. The van der Waals surface area contributed by atoms with E-state index in [0.717, 1.165) is 12.0 Å². The van der Waals surface area contributed by atoms with Crippen molar-refractivity contribution >= 4 is 46.7 Å². The fourth-order valence-corrected chi connectivity index (χ4v) is 5.21. The molecule has 1 heterocycles. The Bertz CT molecular complexity index is 1180. The van der Waals surface area contributed by atoms with E-state index < -0.39 is 18.5 Å². The molecule has 0 spiro atoms. The number of halogens is 1. The minimum absolute atomic E-state index is 0.137. The van der Waals surface area contributed by atoms with E-state index in [-0.39, 0.29) is 41.0 Å². The van der Waals surface area contributed by atoms with E-state index in [1.807, 2.05) is 19.1 Å². The number of allylic oxidation sites excluding steroid dienone is 2. The standard InChI is InChI=1S/C25H21ClN2O5/c1-13-2-7-17(26)11-19(13)27-20(29)12-33-25(32)14-5-8-18(9-6-14)28-23(30)21-15-3-4-16(10-15)22(21)24(28)31/h2-9,11,15-16,21-22H,10,12H2,1H3,(H,27,29)/t15-,16-,21-,22-/m0/s1. The summed E-state index contributed by atoms with van der Waals surface area (Å²) in [7, 11) is 0. The minimum atomic E-state index is -0.683. The lowest BCUT2D eigenvalue weighted by atomic mass is 9.85. The predicted octanol–water partition coefficient (Wildman–Crippen LogP) is 3.76. The number of benzene rings is 2. The molecule has 2 aromatic rings. The molecule has 1 N–H and O–H groups in total. The van der Waals surface area contributed by atoms with Crippen molar-refractivity contribution in [2.75, 3.05) is 16.8 Å². The van der Waals surface area contributed by atoms with Gasteiger partial charge >= 0.3 is 5.97 Å². The predicted molar refractivity (Wildman–Crippen MR) is 122 cm³/mol. The summed E-state index contributed by atoms with van der Waals surface area (Å²) in [5.74, 6) is -1.81. The SMILES string of the molecule is Cc1ccc(Cl)cc1NC(=O)COC(=O)c1ccc(N2C(=O)[C@@H]3[C@@H](C2=O)[C@H]2C=C[C@H]3C2)cc1. The molecule has 0 unspecified atom stereocenters. The van der Waals surface area contributed by atoms with Gasteiger partial charge in [0.2, 0.25) is 11.8 Å². The molecule has 4 atom stereocenters. The van der Waals surface area contributed by atoms with Crippen molar-refractivity contribution in [2.24, 2.45) is 23.7 Å². The molecule has 5 rings (SSSR count). The van der Waals surface area contributed by atoms with Crippen molar-refractivity contribution in [3.8, 4) is 0 Å². The van der Waals surface area contributed by atoms with E-state index in [2.05, 4.69) is 5.32 Å². The molecule has 8 heteroatoms. The van der Waals surface area contributed by atoms with Gasteiger partial charge in [-0.2, -0.15) is 0 Å². The summed E-state index contributed by atoms with van der Waals surface area (Å²) in [4.78, 5) is 51.6. The smallest absolute Gasteiger partial charge is 0.338 e. The van der Waals surface area contributed by atoms with Gasteiger partial charge in [-0.3, -0.25) is 19.3 Å². The maximum absolute atomic E-state index is 12.9. The van der Waals surface area contributed by atoms with Crippen molar-refractivity contribution in [1.29, 1.82) is 0 Å². The number of hydrogen-bond acceptors (Lipinski definition) is 5. The number of amides is 3. The van der Waals surface area contributed by atoms with Gasteiger partial charge in [-0.1, -0.05) is 29.8 Å². The Balaban J connectivity index is 1.21. The Labute approximate surface area is 195 Å². The first-order valence-electron chi connectivity index (χ1n) is 10.7. The molecule has 2 fully saturated rings. The second kappa shape index (κ2) is 8.15. The second-order valence-corrected chi connectivity index (χ2v) is 9.08. The molecule has 168 valence electrons. The highest BCUT2D eigenvalue weighted by Gasteiger charge is 2.59. The van der Waals surface area contributed by atoms with Crippen molar-refractivity contribution in [3.05, 3.63) is 70.8 Å². The third kappa shape index (κ3) is 3.72. The van der Waals surface area contributed by atoms with E-state index in [0.29, 0.717) is 16.4 Å². The number of rotatable bonds is 5. The first-order chi connectivity index (χ1) is 15.8. The van der Waals surface area contributed by atoms with Crippen LogP contribution < -0.4 is 10.2 Å². The van der Waals surface area contributed by atoms with E-state index in [9.17, 15) is 19.2 Å². The molecule has 1 aliphatic heterocycles. The molecular weight excluding hydrogens is 444 g/mol. The summed E-state index contributed by atoms with van der Waals surface area (Å²) in [6.07, 6.45) is 4.96. The summed E-state index contributed by atoms with van der Waals surface area (Å²) < 4.78 is 5.10. The number of nitrogens with zero attached hydrogens (tertiary/aromatic N) is 1. The van der Waals surface area contributed by atoms with Gasteiger partial charge in [0.05, 0.1) is 23.1 Å². The van der Waals surface area contributed by atoms with Gasteiger partial charge in [-0.05, 0) is 67.1 Å². The van der Waals surface area contributed by atoms with Crippen LogP contribution in [0.1, 0.15) is 22.3 Å². The Hall–Kier alpha value is -3.45. The average molecular weight is 465 g/mol. The topological polar surface area (TPSA) is 92.8 Å². The van der Waals surface area contributed by atoms with Gasteiger partial charge in [0.1, 0.15) is 0 Å². The number of carbonyl (C=O) groups excluding carboxylic acids is 4. The number of ether oxygens (including phenoxy) is 1. The molecule has 1 saturated carbocycles. The van der Waals surface area contributed by atoms with Gasteiger partial charge in [0.25, 0.3) is 5.91 Å². The number of esters is 1. The van der Waals surface area contributed by atoms with Crippen LogP contribution in [0.25, 0.3) is 0 Å². The molecule has 0 aromatic heterocycles. The van der Waals surface area contributed by atoms with Crippen molar-refractivity contribution in [3.63, 3.8) is 0 Å². The minimum Gasteiger partial charge on any atom is -0.452 e. The summed E-state index contributed by atoms with van der Waals surface area (Å²) in [5.41, 5.74) is 2.02. The highest BCUT2D eigenvalue weighted by molar-refractivity contribution is 6.31. The fourth-order valence-electron chi connectivity index (χ4n) is 5.03. The van der Waals surface area contributed by atoms with Crippen molar-refractivity contribution in [2.45, 2.75) is 13.3 Å². The number of carbonyl (C=O) groups is 4. The molecule has 33 heavy (non-hydrogen) atoms. The van der Waals surface area contributed by atoms with Crippen molar-refractivity contribution < 1.29 is 23.9 Å². The zero-order chi connectivity index (χ0) is 23.3. The van der Waals surface area contributed by atoms with Crippen LogP contribution in [0.5, 0.6) is 0 Å². The van der Waals surface area contributed by atoms with Crippen LogP contribution >= 0.6 is 11.6 Å². The summed E-state index contributed by atoms with van der Waals surface area (Å²) in [6, 6.07) is 11.2. The maximum atomic E-state index is 12.9. The normalized spacial score (nSPS) is 24.8. The Morgan fingerprint density at radius 3 is 2.30 bits per heavy atom. The highest BCUT2D eigenvalue weighted by atomic mass is 35.5. The summed E-state index contributed by atoms with van der Waals surface area (Å²) >= 11 is 5.95. The third-order valence-electron chi connectivity index (χ3n) is 6.64. The highest BCUT2D eigenvalue weighted by Crippen LogP contribution is 2.53. The van der Waals surface area contributed by atoms with E-state index >= 15 is 0 Å². The van der Waals surface area contributed by atoms with Crippen LogP contribution in [0, 0.1) is 30.6 Å². The Morgan fingerprint density at radius 1 is 1.03 bits per heavy atom. The molecule has 2 bridgehead atoms. The van der Waals surface area contributed by atoms with Crippen LogP contribution in [0.3, 0.4) is 0 Å². The zero-order valence-corrected chi connectivity index (χ0v) is 18.5. The lowest BCUT2D eigenvalue weighted by Gasteiger charge is -2.17. The lowest BCUT2D eigenvalue weighted by molar-refractivity contribution is -0.123. The van der Waals surface area contributed by atoms with Gasteiger partial charge in [0, 0.05) is 10.7 Å². The monoisotopic (exact) mass is 464 g/mol. The Morgan fingerprint density at radius 2 is 1.67 bits per heavy atom. The molecule has 2 aromatic carbocycles. The number of imide groups is 1. The summed E-state index contributed by atoms with van der Waals surface area (Å²) in [6.45, 7) is 1.36. The van der Waals surface area contributed by atoms with Crippen LogP contribution in [-0.2, 0) is 19.1 Å². The Kier molecular flexibility index (Phi) is 5.29. The van der Waals surface area contributed by atoms with Crippen LogP contribution in [0.4, 0.5) is 11.4 Å². The molecule has 2 aliphatic carbocycles. The third-order valence-corrected chi connectivity index (χ3v) is 6.87. The van der Waals surface area contributed by atoms with Crippen molar-refractivity contribution in [1.82, 2.24) is 0 Å². The number of anilines is 2. The zero-order valence-electron chi connectivity index (χ0n) is 17.8. The molecule has 3 amide bonds. The largest absolute Gasteiger partial charge is 0.452 e. The molecule has 0 radical (unpaired) electrons. The van der Waals surface area contributed by atoms with Crippen LogP contribution in [0.2, 0.25) is 5.02 Å². The molecular formula is C25H21ClN2O5. The lowest BCUT2D eigenvalue weighted by Crippen LogP contribution is -2.32. The molecule has 1 saturated heterocycles. The summed E-state index contributed by atoms with van der Waals surface area (Å²) in [5, 5.41) is 3.14. The number of nitrogens with one attached hydrogen (secondary N) is 1. The number of aryl methyl sites for hydroxylation is 1. The van der Waals surface area contributed by atoms with Gasteiger partial charge in [-0.15, -0.1) is 0 Å². The van der Waals surface area contributed by atoms with E-state index in [1.54, 1.807) is 30.3 Å². The maximum Gasteiger partial charge on any atom is 0.338 e. The van der Waals surface area contributed by atoms with E-state index in [1.165, 1.54) is 17.0 Å².